The van der Waals surface area contributed by atoms with Gasteiger partial charge in [0.05, 0.1) is 5.56 Å². The number of carbonyl (C=O) groups excluding carboxylic acids is 2. The molecule has 0 bridgehead atoms. The minimum absolute atomic E-state index is 0.223. The van der Waals surface area contributed by atoms with Gasteiger partial charge in [0.2, 0.25) is 11.7 Å². The van der Waals surface area contributed by atoms with E-state index >= 15 is 0 Å². The van der Waals surface area contributed by atoms with Crippen molar-refractivity contribution in [1.82, 2.24) is 0 Å². The topological polar surface area (TPSA) is 171 Å². The van der Waals surface area contributed by atoms with Crippen LogP contribution in [0.15, 0.2) is 24.3 Å². The molecule has 120 valence electrons. The van der Waals surface area contributed by atoms with E-state index in [4.69, 9.17) is 10.5 Å². The van der Waals surface area contributed by atoms with Gasteiger partial charge in [0.1, 0.15) is 0 Å². The maximum atomic E-state index is 11.9. The fraction of sp³-hybridized carbons (Fsp3) is 0. The largest absolute Gasteiger partial charge is 0.504 e. The molecule has 0 aliphatic carbocycles. The van der Waals surface area contributed by atoms with Crippen LogP contribution in [0.2, 0.25) is 0 Å². The Morgan fingerprint density at radius 2 is 1.26 bits per heavy atom. The first-order valence-electron chi connectivity index (χ1n) is 6.03. The lowest BCUT2D eigenvalue weighted by molar-refractivity contribution is 0.0727. The molecule has 0 atom stereocenters. The number of phenols is 5. The number of hydrogen-bond donors (Lipinski definition) is 6. The van der Waals surface area contributed by atoms with Crippen LogP contribution in [0.5, 0.6) is 34.5 Å². The summed E-state index contributed by atoms with van der Waals surface area (Å²) in [5.74, 6) is -6.54. The van der Waals surface area contributed by atoms with Gasteiger partial charge in [-0.05, 0) is 24.3 Å². The van der Waals surface area contributed by atoms with Crippen LogP contribution in [0.4, 0.5) is 0 Å². The van der Waals surface area contributed by atoms with E-state index in [0.717, 1.165) is 24.3 Å². The molecule has 2 rings (SSSR count). The predicted octanol–water partition coefficient (Wildman–Crippen LogP) is 0.533. The first-order chi connectivity index (χ1) is 10.7. The van der Waals surface area contributed by atoms with Crippen molar-refractivity contribution in [2.24, 2.45) is 5.73 Å². The number of primary amides is 1. The fourth-order valence-electron chi connectivity index (χ4n) is 1.69. The van der Waals surface area contributed by atoms with Crippen LogP contribution in [0.1, 0.15) is 20.7 Å². The van der Waals surface area contributed by atoms with Crippen molar-refractivity contribution in [1.29, 1.82) is 0 Å². The number of aromatic hydroxyl groups is 5. The van der Waals surface area contributed by atoms with Gasteiger partial charge >= 0.3 is 5.97 Å². The molecule has 9 nitrogen and oxygen atoms in total. The molecule has 0 aliphatic heterocycles. The summed E-state index contributed by atoms with van der Waals surface area (Å²) in [6, 6.07) is 3.43. The highest BCUT2D eigenvalue weighted by Gasteiger charge is 2.19. The molecule has 0 aromatic heterocycles. The third-order valence-electron chi connectivity index (χ3n) is 2.85. The molecule has 0 radical (unpaired) electrons. The first kappa shape index (κ1) is 15.8. The van der Waals surface area contributed by atoms with Crippen molar-refractivity contribution in [3.8, 4) is 34.5 Å². The Morgan fingerprint density at radius 1 is 0.783 bits per heavy atom. The maximum absolute atomic E-state index is 11.9. The average molecular weight is 321 g/mol. The highest BCUT2D eigenvalue weighted by molar-refractivity contribution is 5.96. The van der Waals surface area contributed by atoms with Gasteiger partial charge in [-0.15, -0.1) is 0 Å². The van der Waals surface area contributed by atoms with Crippen LogP contribution in [-0.4, -0.2) is 37.4 Å². The predicted molar refractivity (Wildman–Crippen MR) is 74.7 cm³/mol. The number of amides is 1. The first-order valence-corrected chi connectivity index (χ1v) is 6.03. The van der Waals surface area contributed by atoms with Crippen molar-refractivity contribution in [2.75, 3.05) is 0 Å². The van der Waals surface area contributed by atoms with Gasteiger partial charge in [0.15, 0.2) is 28.7 Å². The van der Waals surface area contributed by atoms with Crippen LogP contribution in [0.3, 0.4) is 0 Å². The Hall–Kier alpha value is -3.62. The summed E-state index contributed by atoms with van der Waals surface area (Å²) in [5.41, 5.74) is 4.45. The van der Waals surface area contributed by atoms with E-state index < -0.39 is 46.4 Å². The molecule has 0 aliphatic rings. The smallest absolute Gasteiger partial charge is 0.343 e. The van der Waals surface area contributed by atoms with Gasteiger partial charge in [-0.25, -0.2) is 4.79 Å². The fourth-order valence-corrected chi connectivity index (χ4v) is 1.69. The molecule has 1 amide bonds. The number of phenolic OH excluding ortho intramolecular Hbond substituents is 5. The van der Waals surface area contributed by atoms with E-state index in [9.17, 15) is 35.1 Å². The second kappa shape index (κ2) is 5.64. The molecule has 9 heteroatoms. The number of rotatable bonds is 3. The molecule has 0 unspecified atom stereocenters. The van der Waals surface area contributed by atoms with Crippen LogP contribution < -0.4 is 10.5 Å². The zero-order valence-electron chi connectivity index (χ0n) is 11.3. The van der Waals surface area contributed by atoms with E-state index in [2.05, 4.69) is 0 Å². The minimum atomic E-state index is -1.15. The van der Waals surface area contributed by atoms with E-state index in [1.54, 1.807) is 0 Å². The molecule has 2 aromatic rings. The Morgan fingerprint density at radius 3 is 1.78 bits per heavy atom. The summed E-state index contributed by atoms with van der Waals surface area (Å²) >= 11 is 0. The maximum Gasteiger partial charge on any atom is 0.343 e. The van der Waals surface area contributed by atoms with Crippen molar-refractivity contribution in [2.45, 2.75) is 0 Å². The molecule has 0 spiro atoms. The van der Waals surface area contributed by atoms with Crippen molar-refractivity contribution in [3.05, 3.63) is 35.4 Å². The molecular formula is C14H11NO8. The molecule has 23 heavy (non-hydrogen) atoms. The molecule has 7 N–H and O–H groups in total. The Kier molecular flexibility index (Phi) is 3.86. The number of benzene rings is 2. The third-order valence-corrected chi connectivity index (χ3v) is 2.85. The molecule has 0 saturated heterocycles. The molecule has 0 heterocycles. The van der Waals surface area contributed by atoms with E-state index in [0.29, 0.717) is 0 Å². The number of esters is 1. The van der Waals surface area contributed by atoms with Gasteiger partial charge in [0, 0.05) is 5.56 Å². The molecule has 2 aromatic carbocycles. The lowest BCUT2D eigenvalue weighted by atomic mass is 10.1. The molecular weight excluding hydrogens is 310 g/mol. The quantitative estimate of drug-likeness (QED) is 0.270. The highest BCUT2D eigenvalue weighted by atomic mass is 16.5. The SMILES string of the molecule is NC(=O)c1cc(O)c(O)c(OC(=O)c2cc(O)c(O)c(O)c2)c1. The van der Waals surface area contributed by atoms with E-state index in [1.807, 2.05) is 0 Å². The lowest BCUT2D eigenvalue weighted by Crippen LogP contribution is -2.12. The Labute approximate surface area is 128 Å². The van der Waals surface area contributed by atoms with E-state index in [-0.39, 0.29) is 11.1 Å². The van der Waals surface area contributed by atoms with Gasteiger partial charge in [-0.3, -0.25) is 4.79 Å². The van der Waals surface area contributed by atoms with Crippen molar-refractivity contribution < 1.29 is 39.9 Å². The summed E-state index contributed by atoms with van der Waals surface area (Å²) in [7, 11) is 0. The highest BCUT2D eigenvalue weighted by Crippen LogP contribution is 2.38. The van der Waals surface area contributed by atoms with Gasteiger partial charge < -0.3 is 36.0 Å². The number of nitrogens with two attached hydrogens (primary N) is 1. The van der Waals surface area contributed by atoms with Gasteiger partial charge in [-0.1, -0.05) is 0 Å². The van der Waals surface area contributed by atoms with Crippen LogP contribution in [0.25, 0.3) is 0 Å². The second-order valence-electron chi connectivity index (χ2n) is 4.46. The number of carbonyl (C=O) groups is 2. The van der Waals surface area contributed by atoms with Crippen LogP contribution in [0, 0.1) is 0 Å². The lowest BCUT2D eigenvalue weighted by Gasteiger charge is -2.10. The van der Waals surface area contributed by atoms with Crippen LogP contribution in [-0.2, 0) is 0 Å². The van der Waals surface area contributed by atoms with Gasteiger partial charge in [0.25, 0.3) is 0 Å². The monoisotopic (exact) mass is 321 g/mol. The van der Waals surface area contributed by atoms with Gasteiger partial charge in [-0.2, -0.15) is 0 Å². The molecule has 0 fully saturated rings. The minimum Gasteiger partial charge on any atom is -0.504 e. The second-order valence-corrected chi connectivity index (χ2v) is 4.46. The number of hydrogen-bond acceptors (Lipinski definition) is 8. The summed E-state index contributed by atoms with van der Waals surface area (Å²) in [5, 5.41) is 47.0. The number of ether oxygens (including phenoxy) is 1. The normalized spacial score (nSPS) is 10.3. The standard InChI is InChI=1S/C14H11NO8/c15-13(21)5-1-9(18)12(20)10(4-5)23-14(22)6-2-7(16)11(19)8(17)3-6/h1-4,16-20H,(H2,15,21). The van der Waals surface area contributed by atoms with Crippen molar-refractivity contribution in [3.63, 3.8) is 0 Å². The summed E-state index contributed by atoms with van der Waals surface area (Å²) in [4.78, 5) is 23.0. The Balaban J connectivity index is 2.39. The van der Waals surface area contributed by atoms with Crippen LogP contribution >= 0.6 is 0 Å². The van der Waals surface area contributed by atoms with E-state index in [1.165, 1.54) is 0 Å². The summed E-state index contributed by atoms with van der Waals surface area (Å²) < 4.78 is 4.79. The Bertz CT molecular complexity index is 792. The summed E-state index contributed by atoms with van der Waals surface area (Å²) in [6.45, 7) is 0. The third kappa shape index (κ3) is 3.02. The molecule has 0 saturated carbocycles. The van der Waals surface area contributed by atoms with Crippen molar-refractivity contribution >= 4 is 11.9 Å². The summed E-state index contributed by atoms with van der Waals surface area (Å²) in [6.07, 6.45) is 0. The average Bonchev–Trinajstić information content (AvgIpc) is 2.48. The zero-order valence-corrected chi connectivity index (χ0v) is 11.3. The zero-order chi connectivity index (χ0) is 17.3.